The Morgan fingerprint density at radius 1 is 1.71 bits per heavy atom. The Morgan fingerprint density at radius 2 is 2.41 bits per heavy atom. The van der Waals surface area contributed by atoms with E-state index in [0.717, 1.165) is 11.5 Å². The number of aromatic nitrogens is 1. The maximum Gasteiger partial charge on any atom is 0.254 e. The lowest BCUT2D eigenvalue weighted by Crippen LogP contribution is -2.34. The van der Waals surface area contributed by atoms with Crippen molar-refractivity contribution < 1.29 is 4.79 Å². The topological polar surface area (TPSA) is 68.0 Å². The largest absolute Gasteiger partial charge is 0.397 e. The second kappa shape index (κ2) is 6.71. The van der Waals surface area contributed by atoms with E-state index < -0.39 is 0 Å². The van der Waals surface area contributed by atoms with Gasteiger partial charge in [0, 0.05) is 11.8 Å². The van der Waals surface area contributed by atoms with E-state index in [1.807, 2.05) is 6.92 Å². The lowest BCUT2D eigenvalue weighted by atomic mass is 10.2. The van der Waals surface area contributed by atoms with Gasteiger partial charge in [-0.25, -0.2) is 4.98 Å². The van der Waals surface area contributed by atoms with Crippen LogP contribution in [0.25, 0.3) is 0 Å². The number of hydrogen-bond acceptors (Lipinski definition) is 4. The molecule has 1 aromatic heterocycles. The van der Waals surface area contributed by atoms with Gasteiger partial charge in [0.15, 0.2) is 0 Å². The smallest absolute Gasteiger partial charge is 0.254 e. The number of carbonyl (C=O) groups is 1. The number of hydrogen-bond donors (Lipinski definition) is 2. The van der Waals surface area contributed by atoms with Crippen LogP contribution in [0.4, 0.5) is 5.69 Å². The number of pyridine rings is 1. The zero-order valence-electron chi connectivity index (χ0n) is 9.87. The first kappa shape index (κ1) is 14.1. The molecule has 6 heteroatoms. The summed E-state index contributed by atoms with van der Waals surface area (Å²) < 4.78 is 0. The lowest BCUT2D eigenvalue weighted by Gasteiger charge is -2.13. The van der Waals surface area contributed by atoms with Crippen LogP contribution in [0.15, 0.2) is 12.3 Å². The third-order valence-corrected chi connectivity index (χ3v) is 3.50. The lowest BCUT2D eigenvalue weighted by molar-refractivity contribution is 0.0943. The van der Waals surface area contributed by atoms with Gasteiger partial charge in [0.05, 0.1) is 17.4 Å². The van der Waals surface area contributed by atoms with Crippen LogP contribution >= 0.6 is 23.4 Å². The van der Waals surface area contributed by atoms with Gasteiger partial charge >= 0.3 is 0 Å². The molecule has 1 unspecified atom stereocenters. The first-order valence-corrected chi connectivity index (χ1v) is 6.87. The molecule has 0 aromatic carbocycles. The Hall–Kier alpha value is -0.940. The number of amides is 1. The number of rotatable bonds is 5. The summed E-state index contributed by atoms with van der Waals surface area (Å²) in [7, 11) is 0. The highest BCUT2D eigenvalue weighted by Gasteiger charge is 2.14. The SMILES string of the molecule is CCSCC(C)NC(=O)c1cc(N)cnc1Cl. The average Bonchev–Trinajstić information content (AvgIpc) is 2.29. The van der Waals surface area contributed by atoms with Crippen molar-refractivity contribution in [1.82, 2.24) is 10.3 Å². The summed E-state index contributed by atoms with van der Waals surface area (Å²) in [5.74, 6) is 1.66. The van der Waals surface area contributed by atoms with E-state index in [4.69, 9.17) is 17.3 Å². The summed E-state index contributed by atoms with van der Waals surface area (Å²) >= 11 is 7.62. The highest BCUT2D eigenvalue weighted by Crippen LogP contribution is 2.15. The number of nitrogens with two attached hydrogens (primary N) is 1. The predicted molar refractivity (Wildman–Crippen MR) is 73.6 cm³/mol. The van der Waals surface area contributed by atoms with E-state index in [9.17, 15) is 4.79 Å². The normalized spacial score (nSPS) is 12.2. The summed E-state index contributed by atoms with van der Waals surface area (Å²) in [4.78, 5) is 15.7. The molecule has 1 amide bonds. The van der Waals surface area contributed by atoms with Gasteiger partial charge in [0.1, 0.15) is 5.15 Å². The summed E-state index contributed by atoms with van der Waals surface area (Å²) in [5, 5.41) is 3.03. The number of carbonyl (C=O) groups excluding carboxylic acids is 1. The van der Waals surface area contributed by atoms with Crippen molar-refractivity contribution in [3.8, 4) is 0 Å². The molecule has 0 aliphatic rings. The highest BCUT2D eigenvalue weighted by molar-refractivity contribution is 7.99. The van der Waals surface area contributed by atoms with Crippen LogP contribution in [0.1, 0.15) is 24.2 Å². The monoisotopic (exact) mass is 273 g/mol. The highest BCUT2D eigenvalue weighted by atomic mass is 35.5. The van der Waals surface area contributed by atoms with Gasteiger partial charge in [-0.2, -0.15) is 11.8 Å². The molecule has 94 valence electrons. The molecule has 0 bridgehead atoms. The molecule has 0 saturated carbocycles. The zero-order valence-corrected chi connectivity index (χ0v) is 11.4. The molecule has 4 nitrogen and oxygen atoms in total. The van der Waals surface area contributed by atoms with Crippen LogP contribution in [0.5, 0.6) is 0 Å². The first-order valence-electron chi connectivity index (χ1n) is 5.34. The predicted octanol–water partition coefficient (Wildman–Crippen LogP) is 2.19. The molecule has 17 heavy (non-hydrogen) atoms. The minimum atomic E-state index is -0.237. The van der Waals surface area contributed by atoms with Crippen molar-refractivity contribution in [1.29, 1.82) is 0 Å². The zero-order chi connectivity index (χ0) is 12.8. The maximum absolute atomic E-state index is 11.9. The number of thioether (sulfide) groups is 1. The van der Waals surface area contributed by atoms with Gasteiger partial charge in [-0.05, 0) is 18.7 Å². The molecule has 0 aliphatic heterocycles. The average molecular weight is 274 g/mol. The fourth-order valence-corrected chi connectivity index (χ4v) is 2.12. The van der Waals surface area contributed by atoms with Crippen LogP contribution in [-0.4, -0.2) is 28.4 Å². The number of nitrogen functional groups attached to an aromatic ring is 1. The first-order chi connectivity index (χ1) is 8.04. The molecule has 3 N–H and O–H groups in total. The third-order valence-electron chi connectivity index (χ3n) is 2.05. The van der Waals surface area contributed by atoms with E-state index in [0.29, 0.717) is 11.3 Å². The molecular formula is C11H16ClN3OS. The number of halogens is 1. The fraction of sp³-hybridized carbons (Fsp3) is 0.455. The van der Waals surface area contributed by atoms with E-state index in [1.54, 1.807) is 11.8 Å². The number of nitrogens with one attached hydrogen (secondary N) is 1. The second-order valence-corrected chi connectivity index (χ2v) is 5.32. The number of nitrogens with zero attached hydrogens (tertiary/aromatic N) is 1. The Morgan fingerprint density at radius 3 is 3.06 bits per heavy atom. The van der Waals surface area contributed by atoms with E-state index >= 15 is 0 Å². The minimum absolute atomic E-state index is 0.0879. The van der Waals surface area contributed by atoms with Gasteiger partial charge in [-0.1, -0.05) is 18.5 Å². The van der Waals surface area contributed by atoms with Crippen molar-refractivity contribution in [3.63, 3.8) is 0 Å². The molecule has 0 spiro atoms. The Labute approximate surface area is 110 Å². The Bertz CT molecular complexity index is 400. The molecule has 0 aliphatic carbocycles. The fourth-order valence-electron chi connectivity index (χ4n) is 1.26. The summed E-state index contributed by atoms with van der Waals surface area (Å²) in [6.45, 7) is 4.03. The maximum atomic E-state index is 11.9. The van der Waals surface area contributed by atoms with Crippen molar-refractivity contribution in [2.24, 2.45) is 0 Å². The molecular weight excluding hydrogens is 258 g/mol. The third kappa shape index (κ3) is 4.44. The summed E-state index contributed by atoms with van der Waals surface area (Å²) in [6, 6.07) is 1.62. The molecule has 1 heterocycles. The standard InChI is InChI=1S/C11H16ClN3OS/c1-3-17-6-7(2)15-11(16)9-4-8(13)5-14-10(9)12/h4-5,7H,3,6,13H2,1-2H3,(H,15,16). The summed E-state index contributed by atoms with van der Waals surface area (Å²) in [5.41, 5.74) is 6.32. The van der Waals surface area contributed by atoms with Gasteiger partial charge in [0.2, 0.25) is 0 Å². The minimum Gasteiger partial charge on any atom is -0.397 e. The Kier molecular flexibility index (Phi) is 5.58. The van der Waals surface area contributed by atoms with Gasteiger partial charge in [0.25, 0.3) is 5.91 Å². The van der Waals surface area contributed by atoms with E-state index in [1.165, 1.54) is 12.3 Å². The van der Waals surface area contributed by atoms with Crippen LogP contribution in [0.3, 0.4) is 0 Å². The van der Waals surface area contributed by atoms with Crippen LogP contribution in [0.2, 0.25) is 5.15 Å². The molecule has 1 aromatic rings. The van der Waals surface area contributed by atoms with Crippen molar-refractivity contribution in [3.05, 3.63) is 23.0 Å². The summed E-state index contributed by atoms with van der Waals surface area (Å²) in [6.07, 6.45) is 1.43. The van der Waals surface area contributed by atoms with Crippen molar-refractivity contribution in [2.75, 3.05) is 17.2 Å². The molecule has 0 saturated heterocycles. The van der Waals surface area contributed by atoms with Gasteiger partial charge < -0.3 is 11.1 Å². The number of anilines is 1. The molecule has 1 atom stereocenters. The van der Waals surface area contributed by atoms with Crippen molar-refractivity contribution >= 4 is 35.0 Å². The molecule has 0 radical (unpaired) electrons. The van der Waals surface area contributed by atoms with E-state index in [2.05, 4.69) is 17.2 Å². The molecule has 1 rings (SSSR count). The molecule has 0 fully saturated rings. The van der Waals surface area contributed by atoms with Crippen LogP contribution < -0.4 is 11.1 Å². The van der Waals surface area contributed by atoms with Crippen LogP contribution in [0, 0.1) is 0 Å². The Balaban J connectivity index is 2.66. The van der Waals surface area contributed by atoms with Crippen molar-refractivity contribution in [2.45, 2.75) is 19.9 Å². The van der Waals surface area contributed by atoms with Crippen LogP contribution in [-0.2, 0) is 0 Å². The quantitative estimate of drug-likeness (QED) is 0.807. The second-order valence-electron chi connectivity index (χ2n) is 3.64. The van der Waals surface area contributed by atoms with Gasteiger partial charge in [-0.3, -0.25) is 4.79 Å². The van der Waals surface area contributed by atoms with E-state index in [-0.39, 0.29) is 17.1 Å². The van der Waals surface area contributed by atoms with Gasteiger partial charge in [-0.15, -0.1) is 0 Å².